The van der Waals surface area contributed by atoms with Gasteiger partial charge >= 0.3 is 6.09 Å². The van der Waals surface area contributed by atoms with Crippen LogP contribution in [0.5, 0.6) is 0 Å². The van der Waals surface area contributed by atoms with Gasteiger partial charge in [0.05, 0.1) is 6.61 Å². The van der Waals surface area contributed by atoms with E-state index in [1.54, 1.807) is 4.90 Å². The van der Waals surface area contributed by atoms with Crippen molar-refractivity contribution in [3.63, 3.8) is 0 Å². The zero-order valence-electron chi connectivity index (χ0n) is 11.2. The van der Waals surface area contributed by atoms with E-state index in [2.05, 4.69) is 0 Å². The Morgan fingerprint density at radius 1 is 1.22 bits per heavy atom. The first-order valence-corrected chi connectivity index (χ1v) is 6.81. The lowest BCUT2D eigenvalue weighted by atomic mass is 10.0. The van der Waals surface area contributed by atoms with Crippen molar-refractivity contribution in [1.29, 1.82) is 0 Å². The largest absolute Gasteiger partial charge is 0.450 e. The number of nitrogens with zero attached hydrogens (tertiary/aromatic N) is 2. The first kappa shape index (κ1) is 13.2. The van der Waals surface area contributed by atoms with Gasteiger partial charge in [-0.1, -0.05) is 0 Å². The molecule has 0 bridgehead atoms. The minimum atomic E-state index is -0.230. The second-order valence-electron chi connectivity index (χ2n) is 5.14. The number of carbonyl (C=O) groups excluding carboxylic acids is 2. The molecule has 2 amide bonds. The molecule has 0 spiro atoms. The lowest BCUT2D eigenvalue weighted by molar-refractivity contribution is -0.134. The third kappa shape index (κ3) is 2.94. The molecule has 18 heavy (non-hydrogen) atoms. The smallest absolute Gasteiger partial charge is 0.409 e. The zero-order valence-corrected chi connectivity index (χ0v) is 11.2. The maximum atomic E-state index is 11.9. The topological polar surface area (TPSA) is 49.9 Å². The minimum absolute atomic E-state index is 0.230. The van der Waals surface area contributed by atoms with Crippen molar-refractivity contribution in [3.05, 3.63) is 0 Å². The molecule has 0 aromatic heterocycles. The van der Waals surface area contributed by atoms with Crippen LogP contribution in [0.4, 0.5) is 4.79 Å². The minimum Gasteiger partial charge on any atom is -0.450 e. The van der Waals surface area contributed by atoms with Crippen LogP contribution >= 0.6 is 0 Å². The molecule has 2 fully saturated rings. The Kier molecular flexibility index (Phi) is 4.09. The molecule has 1 saturated heterocycles. The summed E-state index contributed by atoms with van der Waals surface area (Å²) in [5.74, 6) is 0.558. The summed E-state index contributed by atoms with van der Waals surface area (Å²) in [6.07, 6.45) is 3.57. The summed E-state index contributed by atoms with van der Waals surface area (Å²) in [4.78, 5) is 27.1. The van der Waals surface area contributed by atoms with Crippen LogP contribution in [-0.2, 0) is 9.53 Å². The second kappa shape index (κ2) is 5.59. The molecule has 2 rings (SSSR count). The molecule has 0 aromatic carbocycles. The first-order chi connectivity index (χ1) is 8.63. The Labute approximate surface area is 108 Å². The molecule has 102 valence electrons. The Balaban J connectivity index is 1.78. The zero-order chi connectivity index (χ0) is 13.1. The van der Waals surface area contributed by atoms with Gasteiger partial charge in [0.15, 0.2) is 0 Å². The standard InChI is InChI=1S/C13H22N2O3/c1-3-18-13(17)15-8-6-11(7-9-15)14(2)12(16)10-4-5-10/h10-11H,3-9H2,1-2H3. The highest BCUT2D eigenvalue weighted by atomic mass is 16.6. The van der Waals surface area contributed by atoms with Crippen LogP contribution in [0.25, 0.3) is 0 Å². The summed E-state index contributed by atoms with van der Waals surface area (Å²) < 4.78 is 4.98. The molecule has 1 heterocycles. The third-order valence-electron chi connectivity index (χ3n) is 3.81. The van der Waals surface area contributed by atoms with Gasteiger partial charge in [-0.25, -0.2) is 4.79 Å². The number of carbonyl (C=O) groups is 2. The summed E-state index contributed by atoms with van der Waals surface area (Å²) in [6.45, 7) is 3.60. The number of hydrogen-bond donors (Lipinski definition) is 0. The van der Waals surface area contributed by atoms with Crippen LogP contribution in [0.2, 0.25) is 0 Å². The van der Waals surface area contributed by atoms with E-state index in [1.165, 1.54) is 0 Å². The molecule has 1 aliphatic carbocycles. The number of likely N-dealkylation sites (tertiary alicyclic amines) is 1. The molecule has 0 radical (unpaired) electrons. The quantitative estimate of drug-likeness (QED) is 0.766. The fraction of sp³-hybridized carbons (Fsp3) is 0.846. The van der Waals surface area contributed by atoms with Crippen molar-refractivity contribution < 1.29 is 14.3 Å². The normalized spacial score (nSPS) is 20.7. The number of ether oxygens (including phenoxy) is 1. The van der Waals surface area contributed by atoms with Crippen molar-refractivity contribution in [2.24, 2.45) is 5.92 Å². The van der Waals surface area contributed by atoms with Crippen LogP contribution < -0.4 is 0 Å². The van der Waals surface area contributed by atoms with Crippen molar-refractivity contribution in [1.82, 2.24) is 9.80 Å². The molecule has 5 heteroatoms. The highest BCUT2D eigenvalue weighted by Crippen LogP contribution is 2.32. The first-order valence-electron chi connectivity index (χ1n) is 6.81. The van der Waals surface area contributed by atoms with Gasteiger partial charge in [0.2, 0.25) is 5.91 Å². The van der Waals surface area contributed by atoms with Gasteiger partial charge in [-0.3, -0.25) is 4.79 Å². The molecule has 1 aliphatic heterocycles. The Morgan fingerprint density at radius 3 is 2.33 bits per heavy atom. The summed E-state index contributed by atoms with van der Waals surface area (Å²) in [5, 5.41) is 0. The van der Waals surface area contributed by atoms with Crippen LogP contribution in [0.1, 0.15) is 32.6 Å². The van der Waals surface area contributed by atoms with E-state index < -0.39 is 0 Å². The van der Waals surface area contributed by atoms with Gasteiger partial charge in [-0.05, 0) is 32.6 Å². The fourth-order valence-electron chi connectivity index (χ4n) is 2.45. The Morgan fingerprint density at radius 2 is 1.83 bits per heavy atom. The van der Waals surface area contributed by atoms with Crippen molar-refractivity contribution in [2.45, 2.75) is 38.6 Å². The predicted molar refractivity (Wildman–Crippen MR) is 67.1 cm³/mol. The molecule has 0 unspecified atom stereocenters. The van der Waals surface area contributed by atoms with Gasteiger partial charge in [0.1, 0.15) is 0 Å². The molecule has 5 nitrogen and oxygen atoms in total. The van der Waals surface area contributed by atoms with E-state index in [-0.39, 0.29) is 24.0 Å². The monoisotopic (exact) mass is 254 g/mol. The van der Waals surface area contributed by atoms with E-state index in [9.17, 15) is 9.59 Å². The number of amides is 2. The van der Waals surface area contributed by atoms with E-state index in [0.29, 0.717) is 19.7 Å². The summed E-state index contributed by atoms with van der Waals surface area (Å²) in [7, 11) is 1.89. The third-order valence-corrected chi connectivity index (χ3v) is 3.81. The molecule has 1 saturated carbocycles. The van der Waals surface area contributed by atoms with E-state index in [0.717, 1.165) is 25.7 Å². The summed E-state index contributed by atoms with van der Waals surface area (Å²) in [5.41, 5.74) is 0. The summed E-state index contributed by atoms with van der Waals surface area (Å²) in [6, 6.07) is 0.281. The summed E-state index contributed by atoms with van der Waals surface area (Å²) >= 11 is 0. The molecular formula is C13H22N2O3. The van der Waals surface area contributed by atoms with Crippen LogP contribution in [0.15, 0.2) is 0 Å². The van der Waals surface area contributed by atoms with Crippen molar-refractivity contribution in [2.75, 3.05) is 26.7 Å². The molecular weight excluding hydrogens is 232 g/mol. The highest BCUT2D eigenvalue weighted by molar-refractivity contribution is 5.81. The van der Waals surface area contributed by atoms with Gasteiger partial charge in [0, 0.05) is 32.1 Å². The lowest BCUT2D eigenvalue weighted by Crippen LogP contribution is -2.47. The Hall–Kier alpha value is -1.26. The Bertz CT molecular complexity index is 320. The van der Waals surface area contributed by atoms with E-state index in [4.69, 9.17) is 4.74 Å². The molecule has 0 aromatic rings. The van der Waals surface area contributed by atoms with Gasteiger partial charge in [-0.2, -0.15) is 0 Å². The molecule has 2 aliphatic rings. The SMILES string of the molecule is CCOC(=O)N1CCC(N(C)C(=O)C2CC2)CC1. The van der Waals surface area contributed by atoms with Crippen molar-refractivity contribution >= 4 is 12.0 Å². The maximum absolute atomic E-state index is 11.9. The highest BCUT2D eigenvalue weighted by Gasteiger charge is 2.35. The number of hydrogen-bond acceptors (Lipinski definition) is 3. The van der Waals surface area contributed by atoms with Gasteiger partial charge in [-0.15, -0.1) is 0 Å². The van der Waals surface area contributed by atoms with E-state index in [1.807, 2.05) is 18.9 Å². The predicted octanol–water partition coefficient (Wildman–Crippen LogP) is 1.48. The lowest BCUT2D eigenvalue weighted by Gasteiger charge is -2.36. The van der Waals surface area contributed by atoms with Crippen LogP contribution in [-0.4, -0.2) is 54.6 Å². The molecule has 0 atom stereocenters. The number of rotatable bonds is 3. The fourth-order valence-corrected chi connectivity index (χ4v) is 2.45. The second-order valence-corrected chi connectivity index (χ2v) is 5.14. The number of piperidine rings is 1. The maximum Gasteiger partial charge on any atom is 0.409 e. The van der Waals surface area contributed by atoms with Gasteiger partial charge in [0.25, 0.3) is 0 Å². The van der Waals surface area contributed by atoms with E-state index >= 15 is 0 Å². The average Bonchev–Trinajstić information content (AvgIpc) is 3.22. The van der Waals surface area contributed by atoms with Gasteiger partial charge < -0.3 is 14.5 Å². The van der Waals surface area contributed by atoms with Crippen LogP contribution in [0.3, 0.4) is 0 Å². The van der Waals surface area contributed by atoms with Crippen molar-refractivity contribution in [3.8, 4) is 0 Å². The average molecular weight is 254 g/mol. The molecule has 0 N–H and O–H groups in total. The van der Waals surface area contributed by atoms with Crippen LogP contribution in [0, 0.1) is 5.92 Å².